The molecule has 0 aliphatic rings. The molecule has 1 rings (SSSR count). The average Bonchev–Trinajstić information content (AvgIpc) is 2.22. The summed E-state index contributed by atoms with van der Waals surface area (Å²) in [4.78, 5) is 22.9. The van der Waals surface area contributed by atoms with Crippen molar-refractivity contribution in [3.05, 3.63) is 34.2 Å². The van der Waals surface area contributed by atoms with Gasteiger partial charge in [0.25, 0.3) is 5.56 Å². The summed E-state index contributed by atoms with van der Waals surface area (Å²) in [5, 5.41) is 0. The van der Waals surface area contributed by atoms with Crippen LogP contribution in [0.2, 0.25) is 0 Å². The molecule has 1 heterocycles. The molecule has 1 aromatic heterocycles. The molecule has 0 aromatic carbocycles. The van der Waals surface area contributed by atoms with Crippen LogP contribution in [-0.2, 0) is 16.1 Å². The fourth-order valence-electron chi connectivity index (χ4n) is 1.22. The van der Waals surface area contributed by atoms with Gasteiger partial charge in [0, 0.05) is 12.3 Å². The third-order valence-corrected chi connectivity index (χ3v) is 2.36. The Morgan fingerprint density at radius 1 is 1.56 bits per heavy atom. The van der Waals surface area contributed by atoms with Gasteiger partial charge in [-0.25, -0.2) is 0 Å². The minimum atomic E-state index is -0.375. The van der Waals surface area contributed by atoms with E-state index < -0.39 is 0 Å². The van der Waals surface area contributed by atoms with E-state index in [1.165, 1.54) is 10.6 Å². The summed E-state index contributed by atoms with van der Waals surface area (Å²) in [6.07, 6.45) is 2.28. The van der Waals surface area contributed by atoms with E-state index in [0.717, 1.165) is 12.0 Å². The quantitative estimate of drug-likeness (QED) is 0.727. The number of carbonyl (C=O) groups excluding carboxylic acids is 1. The van der Waals surface area contributed by atoms with Crippen molar-refractivity contribution in [3.8, 4) is 0 Å². The second kappa shape index (κ2) is 5.49. The van der Waals surface area contributed by atoms with Gasteiger partial charge in [-0.1, -0.05) is 6.92 Å². The van der Waals surface area contributed by atoms with Crippen LogP contribution in [0.1, 0.15) is 25.8 Å². The highest BCUT2D eigenvalue weighted by Gasteiger charge is 2.09. The van der Waals surface area contributed by atoms with Crippen molar-refractivity contribution in [1.29, 1.82) is 0 Å². The number of pyridine rings is 1. The molecular formula is C12H17NO3. The first-order chi connectivity index (χ1) is 7.52. The van der Waals surface area contributed by atoms with Crippen molar-refractivity contribution < 1.29 is 9.53 Å². The summed E-state index contributed by atoms with van der Waals surface area (Å²) in [6, 6.07) is 3.29. The molecule has 16 heavy (non-hydrogen) atoms. The number of aromatic nitrogens is 1. The lowest BCUT2D eigenvalue weighted by molar-refractivity contribution is -0.149. The van der Waals surface area contributed by atoms with Crippen LogP contribution < -0.4 is 5.56 Å². The monoisotopic (exact) mass is 223 g/mol. The Hall–Kier alpha value is -1.58. The van der Waals surface area contributed by atoms with Crippen molar-refractivity contribution in [3.63, 3.8) is 0 Å². The van der Waals surface area contributed by atoms with Gasteiger partial charge in [-0.2, -0.15) is 0 Å². The van der Waals surface area contributed by atoms with E-state index in [1.807, 2.05) is 20.8 Å². The molecule has 0 spiro atoms. The number of esters is 1. The van der Waals surface area contributed by atoms with Gasteiger partial charge in [-0.15, -0.1) is 0 Å². The van der Waals surface area contributed by atoms with Gasteiger partial charge >= 0.3 is 5.97 Å². The lowest BCUT2D eigenvalue weighted by Gasteiger charge is -2.11. The standard InChI is InChI=1S/C12H17NO3/c1-4-10(3)16-12(15)8-13-6-5-9(2)7-11(13)14/h5-7,10H,4,8H2,1-3H3. The zero-order valence-corrected chi connectivity index (χ0v) is 9.90. The van der Waals surface area contributed by atoms with Crippen LogP contribution >= 0.6 is 0 Å². The largest absolute Gasteiger partial charge is 0.461 e. The second-order valence-electron chi connectivity index (χ2n) is 3.88. The van der Waals surface area contributed by atoms with Crippen LogP contribution in [0.15, 0.2) is 23.1 Å². The Kier molecular flexibility index (Phi) is 4.28. The minimum absolute atomic E-state index is 0.0244. The summed E-state index contributed by atoms with van der Waals surface area (Å²) in [7, 11) is 0. The molecule has 0 saturated carbocycles. The number of aryl methyl sites for hydroxylation is 1. The topological polar surface area (TPSA) is 48.3 Å². The molecule has 1 atom stereocenters. The molecule has 0 fully saturated rings. The van der Waals surface area contributed by atoms with Crippen LogP contribution in [0.25, 0.3) is 0 Å². The second-order valence-corrected chi connectivity index (χ2v) is 3.88. The molecule has 4 heteroatoms. The maximum atomic E-state index is 11.5. The van der Waals surface area contributed by atoms with Gasteiger partial charge in [0.05, 0.1) is 6.10 Å². The fraction of sp³-hybridized carbons (Fsp3) is 0.500. The fourth-order valence-corrected chi connectivity index (χ4v) is 1.22. The zero-order valence-electron chi connectivity index (χ0n) is 9.90. The summed E-state index contributed by atoms with van der Waals surface area (Å²) < 4.78 is 6.43. The highest BCUT2D eigenvalue weighted by atomic mass is 16.5. The molecule has 0 saturated heterocycles. The molecule has 0 amide bonds. The SMILES string of the molecule is CCC(C)OC(=O)Cn1ccc(C)cc1=O. The summed E-state index contributed by atoms with van der Waals surface area (Å²) in [6.45, 7) is 5.58. The number of nitrogens with zero attached hydrogens (tertiary/aromatic N) is 1. The first-order valence-electron chi connectivity index (χ1n) is 5.39. The number of ether oxygens (including phenoxy) is 1. The normalized spacial score (nSPS) is 12.2. The molecule has 0 aliphatic carbocycles. The van der Waals surface area contributed by atoms with Crippen molar-refractivity contribution in [2.75, 3.05) is 0 Å². The third-order valence-electron chi connectivity index (χ3n) is 2.36. The van der Waals surface area contributed by atoms with E-state index in [1.54, 1.807) is 12.3 Å². The zero-order chi connectivity index (χ0) is 12.1. The lowest BCUT2D eigenvalue weighted by Crippen LogP contribution is -2.26. The molecule has 0 bridgehead atoms. The van der Waals surface area contributed by atoms with Gasteiger partial charge < -0.3 is 9.30 Å². The van der Waals surface area contributed by atoms with E-state index in [-0.39, 0.29) is 24.2 Å². The summed E-state index contributed by atoms with van der Waals surface area (Å²) >= 11 is 0. The maximum Gasteiger partial charge on any atom is 0.326 e. The summed E-state index contributed by atoms with van der Waals surface area (Å²) in [5.74, 6) is -0.375. The van der Waals surface area contributed by atoms with Crippen molar-refractivity contribution in [1.82, 2.24) is 4.57 Å². The number of hydrogen-bond donors (Lipinski definition) is 0. The van der Waals surface area contributed by atoms with Crippen molar-refractivity contribution in [2.45, 2.75) is 39.8 Å². The van der Waals surface area contributed by atoms with Gasteiger partial charge in [0.15, 0.2) is 0 Å². The van der Waals surface area contributed by atoms with Gasteiger partial charge in [0.2, 0.25) is 0 Å². The Morgan fingerprint density at radius 3 is 2.81 bits per heavy atom. The molecule has 0 radical (unpaired) electrons. The summed E-state index contributed by atoms with van der Waals surface area (Å²) in [5.41, 5.74) is 0.706. The Labute approximate surface area is 94.9 Å². The molecule has 0 aliphatic heterocycles. The molecule has 0 N–H and O–H groups in total. The van der Waals surface area contributed by atoms with Crippen LogP contribution in [-0.4, -0.2) is 16.6 Å². The van der Waals surface area contributed by atoms with Gasteiger partial charge in [-0.05, 0) is 31.9 Å². The first kappa shape index (κ1) is 12.5. The van der Waals surface area contributed by atoms with Gasteiger partial charge in [0.1, 0.15) is 6.54 Å². The van der Waals surface area contributed by atoms with Crippen LogP contribution in [0.5, 0.6) is 0 Å². The van der Waals surface area contributed by atoms with E-state index in [2.05, 4.69) is 0 Å². The smallest absolute Gasteiger partial charge is 0.326 e. The Morgan fingerprint density at radius 2 is 2.25 bits per heavy atom. The van der Waals surface area contributed by atoms with E-state index in [4.69, 9.17) is 4.74 Å². The van der Waals surface area contributed by atoms with E-state index in [9.17, 15) is 9.59 Å². The highest BCUT2D eigenvalue weighted by Crippen LogP contribution is 1.98. The highest BCUT2D eigenvalue weighted by molar-refractivity contribution is 5.69. The van der Waals surface area contributed by atoms with Crippen LogP contribution in [0.4, 0.5) is 0 Å². The predicted octanol–water partition coefficient (Wildman–Crippen LogP) is 1.50. The van der Waals surface area contributed by atoms with Crippen molar-refractivity contribution >= 4 is 5.97 Å². The van der Waals surface area contributed by atoms with Crippen LogP contribution in [0, 0.1) is 6.92 Å². The molecule has 88 valence electrons. The molecule has 1 aromatic rings. The van der Waals surface area contributed by atoms with E-state index >= 15 is 0 Å². The van der Waals surface area contributed by atoms with Gasteiger partial charge in [-0.3, -0.25) is 9.59 Å². The number of hydrogen-bond acceptors (Lipinski definition) is 3. The number of rotatable bonds is 4. The average molecular weight is 223 g/mol. The Balaban J connectivity index is 2.67. The molecular weight excluding hydrogens is 206 g/mol. The predicted molar refractivity (Wildman–Crippen MR) is 61.3 cm³/mol. The van der Waals surface area contributed by atoms with Crippen molar-refractivity contribution in [2.24, 2.45) is 0 Å². The molecule has 4 nitrogen and oxygen atoms in total. The third kappa shape index (κ3) is 3.53. The van der Waals surface area contributed by atoms with E-state index in [0.29, 0.717) is 0 Å². The maximum absolute atomic E-state index is 11.5. The number of carbonyl (C=O) groups is 1. The minimum Gasteiger partial charge on any atom is -0.461 e. The first-order valence-corrected chi connectivity index (χ1v) is 5.39. The molecule has 1 unspecified atom stereocenters. The Bertz CT molecular complexity index is 423. The van der Waals surface area contributed by atoms with Crippen LogP contribution in [0.3, 0.4) is 0 Å². The lowest BCUT2D eigenvalue weighted by atomic mass is 10.3.